The average molecular weight is 538 g/mol. The molecule has 0 radical (unpaired) electrons. The number of ether oxygens (including phenoxy) is 1. The normalized spacial score (nSPS) is 14.5. The van der Waals surface area contributed by atoms with Crippen LogP contribution >= 0.6 is 0 Å². The van der Waals surface area contributed by atoms with Crippen LogP contribution in [-0.4, -0.2) is 44.2 Å². The summed E-state index contributed by atoms with van der Waals surface area (Å²) >= 11 is 0. The van der Waals surface area contributed by atoms with Crippen LogP contribution in [0.15, 0.2) is 54.7 Å². The number of likely N-dealkylation sites (N-methyl/N-ethyl adjacent to an activating group) is 1. The Morgan fingerprint density at radius 1 is 0.947 bits per heavy atom. The van der Waals surface area contributed by atoms with Crippen molar-refractivity contribution < 1.29 is 35.9 Å². The van der Waals surface area contributed by atoms with E-state index < -0.39 is 35.8 Å². The predicted molar refractivity (Wildman–Crippen MR) is 131 cm³/mol. The maximum absolute atomic E-state index is 13.3. The second-order valence-corrected chi connectivity index (χ2v) is 9.02. The van der Waals surface area contributed by atoms with Gasteiger partial charge in [0.05, 0.1) is 42.6 Å². The highest BCUT2D eigenvalue weighted by atomic mass is 19.4. The fourth-order valence-corrected chi connectivity index (χ4v) is 4.31. The summed E-state index contributed by atoms with van der Waals surface area (Å²) in [6.45, 7) is 4.24. The van der Waals surface area contributed by atoms with Gasteiger partial charge in [0, 0.05) is 25.7 Å². The highest BCUT2D eigenvalue weighted by Crippen LogP contribution is 2.38. The highest BCUT2D eigenvalue weighted by Gasteiger charge is 2.37. The molecule has 1 saturated heterocycles. The molecular formula is C27H25F6N3O2. The number of hydrogen-bond acceptors (Lipinski definition) is 4. The Labute approximate surface area is 215 Å². The minimum atomic E-state index is -5.00. The van der Waals surface area contributed by atoms with Crippen LogP contribution in [0.4, 0.5) is 37.8 Å². The molecule has 1 aliphatic heterocycles. The number of anilines is 2. The lowest BCUT2D eigenvalue weighted by molar-refractivity contribution is -0.143. The Balaban J connectivity index is 1.71. The summed E-state index contributed by atoms with van der Waals surface area (Å²) in [7, 11) is 1.42. The summed E-state index contributed by atoms with van der Waals surface area (Å²) in [6, 6.07) is 10.5. The van der Waals surface area contributed by atoms with Crippen LogP contribution in [0.5, 0.6) is 0 Å². The standard InChI is InChI=1S/C27H25F6N3O2/c1-17-5-3-4-6-21(17)22-15-24(36-7-9-38-10-8-36)34-16-23(22)35(2)25(37)13-18-11-19(26(28,29)30)14-20(12-18)27(31,32)33/h3-6,11-12,14-16H,7-10,13H2,1-2H3. The molecule has 0 unspecified atom stereocenters. The number of alkyl halides is 6. The zero-order chi connectivity index (χ0) is 27.7. The number of pyridine rings is 1. The monoisotopic (exact) mass is 537 g/mol. The summed E-state index contributed by atoms with van der Waals surface area (Å²) in [5.41, 5.74) is -0.539. The third-order valence-electron chi connectivity index (χ3n) is 6.38. The number of benzene rings is 2. The van der Waals surface area contributed by atoms with Crippen molar-refractivity contribution >= 4 is 17.4 Å². The second-order valence-electron chi connectivity index (χ2n) is 9.02. The van der Waals surface area contributed by atoms with Crippen LogP contribution < -0.4 is 9.80 Å². The fourth-order valence-electron chi connectivity index (χ4n) is 4.31. The number of amides is 1. The van der Waals surface area contributed by atoms with E-state index in [-0.39, 0.29) is 11.6 Å². The first kappa shape index (κ1) is 27.4. The van der Waals surface area contributed by atoms with Crippen LogP contribution in [0.1, 0.15) is 22.3 Å². The lowest BCUT2D eigenvalue weighted by Gasteiger charge is -2.29. The predicted octanol–water partition coefficient (Wildman–Crippen LogP) is 6.14. The Morgan fingerprint density at radius 3 is 2.13 bits per heavy atom. The number of hydrogen-bond donors (Lipinski definition) is 0. The maximum Gasteiger partial charge on any atom is 0.416 e. The van der Waals surface area contributed by atoms with Crippen molar-refractivity contribution in [3.05, 3.63) is 77.0 Å². The highest BCUT2D eigenvalue weighted by molar-refractivity contribution is 5.99. The van der Waals surface area contributed by atoms with Gasteiger partial charge in [-0.1, -0.05) is 24.3 Å². The number of halogens is 6. The van der Waals surface area contributed by atoms with Crippen molar-refractivity contribution in [2.75, 3.05) is 43.2 Å². The van der Waals surface area contributed by atoms with Gasteiger partial charge in [0.15, 0.2) is 0 Å². The van der Waals surface area contributed by atoms with Gasteiger partial charge in [-0.25, -0.2) is 4.98 Å². The minimum Gasteiger partial charge on any atom is -0.378 e. The number of carbonyl (C=O) groups is 1. The molecule has 1 amide bonds. The summed E-state index contributed by atoms with van der Waals surface area (Å²) in [5.74, 6) is -0.0166. The zero-order valence-electron chi connectivity index (χ0n) is 20.7. The molecule has 0 N–H and O–H groups in total. The first-order valence-corrected chi connectivity index (χ1v) is 11.8. The molecule has 0 saturated carbocycles. The van der Waals surface area contributed by atoms with E-state index in [1.165, 1.54) is 18.1 Å². The number of carbonyl (C=O) groups excluding carboxylic acids is 1. The molecular weight excluding hydrogens is 512 g/mol. The second kappa shape index (κ2) is 10.6. The van der Waals surface area contributed by atoms with E-state index >= 15 is 0 Å². The molecule has 2 heterocycles. The number of aryl methyl sites for hydroxylation is 1. The summed E-state index contributed by atoms with van der Waals surface area (Å²) < 4.78 is 85.1. The number of morpholine rings is 1. The molecule has 1 aliphatic rings. The van der Waals surface area contributed by atoms with Gasteiger partial charge >= 0.3 is 12.4 Å². The third-order valence-corrected chi connectivity index (χ3v) is 6.38. The van der Waals surface area contributed by atoms with E-state index in [2.05, 4.69) is 4.98 Å². The van der Waals surface area contributed by atoms with Crippen LogP contribution in [-0.2, 0) is 28.3 Å². The lowest BCUT2D eigenvalue weighted by atomic mass is 9.98. The quantitative estimate of drug-likeness (QED) is 0.367. The van der Waals surface area contributed by atoms with Crippen LogP contribution in [0.3, 0.4) is 0 Å². The molecule has 0 bridgehead atoms. The molecule has 202 valence electrons. The smallest absolute Gasteiger partial charge is 0.378 e. The van der Waals surface area contributed by atoms with Crippen LogP contribution in [0.2, 0.25) is 0 Å². The van der Waals surface area contributed by atoms with Crippen molar-refractivity contribution in [3.63, 3.8) is 0 Å². The van der Waals surface area contributed by atoms with Crippen molar-refractivity contribution in [1.82, 2.24) is 4.98 Å². The van der Waals surface area contributed by atoms with Crippen molar-refractivity contribution in [2.45, 2.75) is 25.7 Å². The Morgan fingerprint density at radius 2 is 1.55 bits per heavy atom. The molecule has 0 aliphatic carbocycles. The first-order valence-electron chi connectivity index (χ1n) is 11.8. The summed E-state index contributed by atoms with van der Waals surface area (Å²) in [6.07, 6.45) is -9.16. The fraction of sp³-hybridized carbons (Fsp3) is 0.333. The first-order chi connectivity index (χ1) is 17.8. The number of aromatic nitrogens is 1. The molecule has 1 fully saturated rings. The van der Waals surface area contributed by atoms with Gasteiger partial charge in [-0.2, -0.15) is 26.3 Å². The molecule has 3 aromatic rings. The van der Waals surface area contributed by atoms with Crippen molar-refractivity contribution in [2.24, 2.45) is 0 Å². The molecule has 38 heavy (non-hydrogen) atoms. The topological polar surface area (TPSA) is 45.7 Å². The molecule has 0 atom stereocenters. The molecule has 2 aromatic carbocycles. The van der Waals surface area contributed by atoms with E-state index in [0.717, 1.165) is 11.1 Å². The van der Waals surface area contributed by atoms with E-state index in [4.69, 9.17) is 4.74 Å². The SMILES string of the molecule is Cc1ccccc1-c1cc(N2CCOCC2)ncc1N(C)C(=O)Cc1cc(C(F)(F)F)cc(C(F)(F)F)c1. The molecule has 4 rings (SSSR count). The summed E-state index contributed by atoms with van der Waals surface area (Å²) in [5, 5.41) is 0. The van der Waals surface area contributed by atoms with E-state index in [1.807, 2.05) is 42.2 Å². The van der Waals surface area contributed by atoms with Gasteiger partial charge in [0.1, 0.15) is 5.82 Å². The van der Waals surface area contributed by atoms with E-state index in [9.17, 15) is 31.1 Å². The van der Waals surface area contributed by atoms with E-state index in [1.54, 1.807) is 0 Å². The zero-order valence-corrected chi connectivity index (χ0v) is 20.7. The number of nitrogens with zero attached hydrogens (tertiary/aromatic N) is 3. The van der Waals surface area contributed by atoms with Gasteiger partial charge < -0.3 is 14.5 Å². The van der Waals surface area contributed by atoms with Crippen molar-refractivity contribution in [3.8, 4) is 11.1 Å². The molecule has 5 nitrogen and oxygen atoms in total. The molecule has 11 heteroatoms. The van der Waals surface area contributed by atoms with Crippen LogP contribution in [0.25, 0.3) is 11.1 Å². The lowest BCUT2D eigenvalue weighted by Crippen LogP contribution is -2.37. The third kappa shape index (κ3) is 6.09. The molecule has 0 spiro atoms. The Kier molecular flexibility index (Phi) is 7.68. The van der Waals surface area contributed by atoms with E-state index in [0.29, 0.717) is 55.5 Å². The van der Waals surface area contributed by atoms with Gasteiger partial charge in [0.2, 0.25) is 5.91 Å². The van der Waals surface area contributed by atoms with Crippen LogP contribution in [0, 0.1) is 6.92 Å². The average Bonchev–Trinajstić information content (AvgIpc) is 2.87. The van der Waals surface area contributed by atoms with Gasteiger partial charge in [-0.05, 0) is 47.9 Å². The Bertz CT molecular complexity index is 1280. The van der Waals surface area contributed by atoms with Gasteiger partial charge in [0.25, 0.3) is 0 Å². The van der Waals surface area contributed by atoms with Crippen molar-refractivity contribution in [1.29, 1.82) is 0 Å². The maximum atomic E-state index is 13.3. The van der Waals surface area contributed by atoms with Gasteiger partial charge in [-0.3, -0.25) is 4.79 Å². The molecule has 1 aromatic heterocycles. The minimum absolute atomic E-state index is 0.0439. The summed E-state index contributed by atoms with van der Waals surface area (Å²) in [4.78, 5) is 21.0. The number of rotatable bonds is 5. The van der Waals surface area contributed by atoms with Gasteiger partial charge in [-0.15, -0.1) is 0 Å². The largest absolute Gasteiger partial charge is 0.416 e. The Hall–Kier alpha value is -3.60.